The molecule has 3 aromatic rings. The first-order chi connectivity index (χ1) is 13.6. The van der Waals surface area contributed by atoms with Crippen molar-refractivity contribution < 1.29 is 4.74 Å². The Labute approximate surface area is 170 Å². The monoisotopic (exact) mass is 389 g/mol. The lowest BCUT2D eigenvalue weighted by atomic mass is 10.1. The highest BCUT2D eigenvalue weighted by Crippen LogP contribution is 2.23. The Morgan fingerprint density at radius 3 is 2.36 bits per heavy atom. The minimum atomic E-state index is 0.440. The first-order valence-electron chi connectivity index (χ1n) is 8.98. The Bertz CT molecular complexity index is 967. The molecular weight excluding hydrogens is 366 g/mol. The van der Waals surface area contributed by atoms with Gasteiger partial charge in [-0.25, -0.2) is 0 Å². The number of rotatable bonds is 6. The van der Waals surface area contributed by atoms with Crippen molar-refractivity contribution in [2.45, 2.75) is 19.6 Å². The Hall–Kier alpha value is -3.05. The topological polar surface area (TPSA) is 60.0 Å². The molecule has 0 saturated carbocycles. The van der Waals surface area contributed by atoms with Crippen LogP contribution in [0.5, 0.6) is 11.5 Å². The Morgan fingerprint density at radius 2 is 1.64 bits per heavy atom. The lowest BCUT2D eigenvalue weighted by Gasteiger charge is -2.08. The van der Waals surface area contributed by atoms with Gasteiger partial charge in [0.1, 0.15) is 11.5 Å². The van der Waals surface area contributed by atoms with Gasteiger partial charge in [-0.3, -0.25) is 0 Å². The Balaban J connectivity index is 1.53. The van der Waals surface area contributed by atoms with Gasteiger partial charge in [0, 0.05) is 5.75 Å². The quantitative estimate of drug-likeness (QED) is 0.335. The van der Waals surface area contributed by atoms with E-state index in [1.807, 2.05) is 54.6 Å². The zero-order chi connectivity index (χ0) is 19.8. The Morgan fingerprint density at radius 1 is 0.929 bits per heavy atom. The standard InChI is InChI=1S/C23H23N3OS/c1-17-8-11-22(14-18(17)2)27-21-12-9-19(10-13-21)15-25-26-23(24)28-16-20-6-4-3-5-7-20/h3-15H,16H2,1-2H3,(H2,24,26). The zero-order valence-corrected chi connectivity index (χ0v) is 16.8. The SMILES string of the molecule is Cc1ccc(Oc2ccc(C=NN=C(N)SCc3ccccc3)cc2)cc1C. The van der Waals surface area contributed by atoms with Crippen molar-refractivity contribution >= 4 is 23.1 Å². The van der Waals surface area contributed by atoms with Crippen molar-refractivity contribution in [1.29, 1.82) is 0 Å². The van der Waals surface area contributed by atoms with Gasteiger partial charge in [-0.2, -0.15) is 5.10 Å². The van der Waals surface area contributed by atoms with E-state index in [9.17, 15) is 0 Å². The van der Waals surface area contributed by atoms with Crippen LogP contribution in [0, 0.1) is 13.8 Å². The number of nitrogens with zero attached hydrogens (tertiary/aromatic N) is 2. The molecule has 0 aromatic heterocycles. The molecule has 0 heterocycles. The molecule has 0 bridgehead atoms. The number of hydrogen-bond donors (Lipinski definition) is 1. The predicted molar refractivity (Wildman–Crippen MR) is 119 cm³/mol. The van der Waals surface area contributed by atoms with Crippen LogP contribution in [0.15, 0.2) is 83.0 Å². The molecule has 0 aliphatic heterocycles. The zero-order valence-electron chi connectivity index (χ0n) is 16.0. The van der Waals surface area contributed by atoms with E-state index in [-0.39, 0.29) is 0 Å². The molecule has 28 heavy (non-hydrogen) atoms. The summed E-state index contributed by atoms with van der Waals surface area (Å²) in [6.07, 6.45) is 1.68. The molecular formula is C23H23N3OS. The smallest absolute Gasteiger partial charge is 0.180 e. The molecule has 3 rings (SSSR count). The van der Waals surface area contributed by atoms with Crippen LogP contribution in [0.1, 0.15) is 22.3 Å². The number of ether oxygens (including phenoxy) is 1. The summed E-state index contributed by atoms with van der Waals surface area (Å²) < 4.78 is 5.89. The maximum atomic E-state index is 5.90. The van der Waals surface area contributed by atoms with Gasteiger partial charge >= 0.3 is 0 Å². The molecule has 0 aliphatic carbocycles. The fourth-order valence-electron chi connectivity index (χ4n) is 2.45. The second kappa shape index (κ2) is 9.76. The highest BCUT2D eigenvalue weighted by molar-refractivity contribution is 8.13. The molecule has 0 aliphatic rings. The summed E-state index contributed by atoms with van der Waals surface area (Å²) in [5.41, 5.74) is 10.5. The maximum Gasteiger partial charge on any atom is 0.180 e. The van der Waals surface area contributed by atoms with Crippen molar-refractivity contribution in [3.63, 3.8) is 0 Å². The van der Waals surface area contributed by atoms with Gasteiger partial charge < -0.3 is 10.5 Å². The van der Waals surface area contributed by atoms with E-state index < -0.39 is 0 Å². The molecule has 2 N–H and O–H groups in total. The summed E-state index contributed by atoms with van der Waals surface area (Å²) in [7, 11) is 0. The summed E-state index contributed by atoms with van der Waals surface area (Å²) in [6.45, 7) is 4.16. The van der Waals surface area contributed by atoms with Gasteiger partial charge in [0.15, 0.2) is 5.17 Å². The third-order valence-corrected chi connectivity index (χ3v) is 5.04. The van der Waals surface area contributed by atoms with Crippen LogP contribution in [-0.4, -0.2) is 11.4 Å². The van der Waals surface area contributed by atoms with Gasteiger partial charge in [-0.05, 0) is 72.5 Å². The molecule has 0 amide bonds. The summed E-state index contributed by atoms with van der Waals surface area (Å²) >= 11 is 1.46. The average molecular weight is 390 g/mol. The molecule has 142 valence electrons. The van der Waals surface area contributed by atoms with E-state index in [0.29, 0.717) is 5.17 Å². The average Bonchev–Trinajstić information content (AvgIpc) is 2.71. The third kappa shape index (κ3) is 5.99. The number of benzene rings is 3. The molecule has 0 unspecified atom stereocenters. The van der Waals surface area contributed by atoms with E-state index in [2.05, 4.69) is 42.2 Å². The molecule has 0 fully saturated rings. The van der Waals surface area contributed by atoms with E-state index >= 15 is 0 Å². The highest BCUT2D eigenvalue weighted by Gasteiger charge is 2.00. The van der Waals surface area contributed by atoms with Crippen LogP contribution in [0.3, 0.4) is 0 Å². The summed E-state index contributed by atoms with van der Waals surface area (Å²) in [6, 6.07) is 23.9. The number of aryl methyl sites for hydroxylation is 2. The van der Waals surface area contributed by atoms with Gasteiger partial charge in [0.2, 0.25) is 0 Å². The van der Waals surface area contributed by atoms with Crippen molar-refractivity contribution in [3.8, 4) is 11.5 Å². The van der Waals surface area contributed by atoms with Crippen LogP contribution in [0.2, 0.25) is 0 Å². The number of thioether (sulfide) groups is 1. The molecule has 0 radical (unpaired) electrons. The largest absolute Gasteiger partial charge is 0.457 e. The summed E-state index contributed by atoms with van der Waals surface area (Å²) in [4.78, 5) is 0. The fraction of sp³-hybridized carbons (Fsp3) is 0.130. The van der Waals surface area contributed by atoms with E-state index in [0.717, 1.165) is 22.8 Å². The Kier molecular flexibility index (Phi) is 6.87. The molecule has 3 aromatic carbocycles. The first kappa shape index (κ1) is 19.7. The highest BCUT2D eigenvalue weighted by atomic mass is 32.2. The molecule has 4 nitrogen and oxygen atoms in total. The lowest BCUT2D eigenvalue weighted by molar-refractivity contribution is 0.482. The second-order valence-corrected chi connectivity index (χ2v) is 7.37. The van der Waals surface area contributed by atoms with E-state index in [1.165, 1.54) is 28.5 Å². The first-order valence-corrected chi connectivity index (χ1v) is 9.97. The summed E-state index contributed by atoms with van der Waals surface area (Å²) in [5, 5.41) is 8.54. The number of amidine groups is 1. The number of nitrogens with two attached hydrogens (primary N) is 1. The second-order valence-electron chi connectivity index (χ2n) is 6.37. The normalized spacial score (nSPS) is 11.7. The van der Waals surface area contributed by atoms with E-state index in [1.54, 1.807) is 6.21 Å². The van der Waals surface area contributed by atoms with Gasteiger partial charge in [0.05, 0.1) is 6.21 Å². The third-order valence-electron chi connectivity index (χ3n) is 4.19. The molecule has 0 atom stereocenters. The summed E-state index contributed by atoms with van der Waals surface area (Å²) in [5.74, 6) is 2.38. The van der Waals surface area contributed by atoms with Crippen LogP contribution in [0.25, 0.3) is 0 Å². The number of hydrogen-bond acceptors (Lipinski definition) is 4. The van der Waals surface area contributed by atoms with Crippen molar-refractivity contribution in [2.75, 3.05) is 0 Å². The van der Waals surface area contributed by atoms with Crippen LogP contribution in [-0.2, 0) is 5.75 Å². The van der Waals surface area contributed by atoms with Crippen LogP contribution in [0.4, 0.5) is 0 Å². The molecule has 0 spiro atoms. The van der Waals surface area contributed by atoms with Gasteiger partial charge in [0.25, 0.3) is 0 Å². The minimum absolute atomic E-state index is 0.440. The van der Waals surface area contributed by atoms with Gasteiger partial charge in [-0.15, -0.1) is 5.10 Å². The predicted octanol–water partition coefficient (Wildman–Crippen LogP) is 5.68. The van der Waals surface area contributed by atoms with Crippen molar-refractivity contribution in [1.82, 2.24) is 0 Å². The van der Waals surface area contributed by atoms with Gasteiger partial charge in [-0.1, -0.05) is 48.2 Å². The van der Waals surface area contributed by atoms with Crippen molar-refractivity contribution in [2.24, 2.45) is 15.9 Å². The minimum Gasteiger partial charge on any atom is -0.457 e. The van der Waals surface area contributed by atoms with Crippen LogP contribution >= 0.6 is 11.8 Å². The van der Waals surface area contributed by atoms with E-state index in [4.69, 9.17) is 10.5 Å². The van der Waals surface area contributed by atoms with Crippen LogP contribution < -0.4 is 10.5 Å². The van der Waals surface area contributed by atoms with Crippen molar-refractivity contribution in [3.05, 3.63) is 95.1 Å². The molecule has 0 saturated heterocycles. The molecule has 5 heteroatoms. The maximum absolute atomic E-state index is 5.90. The fourth-order valence-corrected chi connectivity index (χ4v) is 3.06. The lowest BCUT2D eigenvalue weighted by Crippen LogP contribution is -2.05.